The molecule has 0 saturated heterocycles. The lowest BCUT2D eigenvalue weighted by atomic mass is 9.70. The van der Waals surface area contributed by atoms with E-state index in [1.165, 1.54) is 19.3 Å². The van der Waals surface area contributed by atoms with E-state index in [1.807, 2.05) is 20.8 Å². The Morgan fingerprint density at radius 1 is 1.21 bits per heavy atom. The van der Waals surface area contributed by atoms with Crippen LogP contribution in [0, 0.1) is 22.2 Å². The second-order valence-corrected chi connectivity index (χ2v) is 9.21. The molecule has 2 fully saturated rings. The van der Waals surface area contributed by atoms with E-state index in [2.05, 4.69) is 20.8 Å². The molecule has 0 spiro atoms. The first kappa shape index (κ1) is 19.7. The van der Waals surface area contributed by atoms with Crippen molar-refractivity contribution < 1.29 is 19.0 Å². The summed E-state index contributed by atoms with van der Waals surface area (Å²) in [5.74, 6) is 0.659. The molecule has 2 aliphatic rings. The Balaban J connectivity index is 1.60. The van der Waals surface area contributed by atoms with Crippen LogP contribution in [0.1, 0.15) is 73.6 Å². The number of fused-ring (bicyclic) bond motifs is 2. The van der Waals surface area contributed by atoms with Crippen LogP contribution in [0.4, 0.5) is 0 Å². The minimum Gasteiger partial charge on any atom is -0.465 e. The molecule has 4 heteroatoms. The molecule has 2 rings (SSSR count). The largest absolute Gasteiger partial charge is 0.465 e. The number of carbonyl (C=O) groups is 1. The van der Waals surface area contributed by atoms with Crippen LogP contribution in [0.3, 0.4) is 0 Å². The first-order valence-electron chi connectivity index (χ1n) is 9.50. The lowest BCUT2D eigenvalue weighted by Crippen LogP contribution is -2.42. The van der Waals surface area contributed by atoms with Crippen LogP contribution >= 0.6 is 0 Å². The van der Waals surface area contributed by atoms with Gasteiger partial charge in [-0.05, 0) is 56.3 Å². The zero-order valence-corrected chi connectivity index (χ0v) is 16.4. The van der Waals surface area contributed by atoms with Crippen LogP contribution in [0.5, 0.6) is 0 Å². The molecule has 0 aromatic rings. The number of ether oxygens (including phenoxy) is 3. The Bertz CT molecular complexity index is 438. The lowest BCUT2D eigenvalue weighted by molar-refractivity contribution is -0.162. The number of hydrogen-bond acceptors (Lipinski definition) is 4. The molecule has 0 aliphatic heterocycles. The maximum atomic E-state index is 11.9. The zero-order chi connectivity index (χ0) is 18.0. The van der Waals surface area contributed by atoms with Gasteiger partial charge in [-0.3, -0.25) is 4.79 Å². The van der Waals surface area contributed by atoms with Crippen molar-refractivity contribution in [2.24, 2.45) is 22.2 Å². The van der Waals surface area contributed by atoms with E-state index in [1.54, 1.807) is 0 Å². The van der Waals surface area contributed by atoms with E-state index in [0.29, 0.717) is 31.8 Å². The highest BCUT2D eigenvalue weighted by atomic mass is 16.7. The third kappa shape index (κ3) is 3.96. The molecule has 3 unspecified atom stereocenters. The average Bonchev–Trinajstić information content (AvgIpc) is 2.99. The van der Waals surface area contributed by atoms with Gasteiger partial charge in [0.1, 0.15) is 6.79 Å². The van der Waals surface area contributed by atoms with E-state index in [0.717, 1.165) is 12.3 Å². The highest BCUT2D eigenvalue weighted by Gasteiger charge is 2.60. The predicted molar refractivity (Wildman–Crippen MR) is 94.6 cm³/mol. The van der Waals surface area contributed by atoms with Crippen molar-refractivity contribution in [3.8, 4) is 0 Å². The van der Waals surface area contributed by atoms with Gasteiger partial charge >= 0.3 is 5.97 Å². The first-order chi connectivity index (χ1) is 11.1. The van der Waals surface area contributed by atoms with Gasteiger partial charge < -0.3 is 14.2 Å². The molecule has 0 aromatic carbocycles. The topological polar surface area (TPSA) is 44.8 Å². The Labute approximate surface area is 147 Å². The minimum atomic E-state index is -0.396. The summed E-state index contributed by atoms with van der Waals surface area (Å²) in [5, 5.41) is 0. The Morgan fingerprint density at radius 3 is 2.50 bits per heavy atom. The molecular weight excluding hydrogens is 304 g/mol. The highest BCUT2D eigenvalue weighted by Crippen LogP contribution is 2.63. The van der Waals surface area contributed by atoms with Gasteiger partial charge in [-0.2, -0.15) is 0 Å². The molecule has 140 valence electrons. The molecule has 24 heavy (non-hydrogen) atoms. The van der Waals surface area contributed by atoms with Gasteiger partial charge in [0.2, 0.25) is 0 Å². The molecule has 0 heterocycles. The summed E-state index contributed by atoms with van der Waals surface area (Å²) < 4.78 is 17.1. The van der Waals surface area contributed by atoms with E-state index in [9.17, 15) is 4.79 Å². The van der Waals surface area contributed by atoms with E-state index in [-0.39, 0.29) is 17.5 Å². The van der Waals surface area contributed by atoms with Crippen LogP contribution < -0.4 is 0 Å². The van der Waals surface area contributed by atoms with Gasteiger partial charge in [0.05, 0.1) is 24.7 Å². The number of hydrogen-bond donors (Lipinski definition) is 0. The van der Waals surface area contributed by atoms with Gasteiger partial charge in [0.15, 0.2) is 0 Å². The lowest BCUT2D eigenvalue weighted by Gasteiger charge is -2.42. The average molecular weight is 341 g/mol. The molecule has 4 nitrogen and oxygen atoms in total. The maximum Gasteiger partial charge on any atom is 0.311 e. The van der Waals surface area contributed by atoms with Crippen molar-refractivity contribution in [3.05, 3.63) is 0 Å². The summed E-state index contributed by atoms with van der Waals surface area (Å²) in [6, 6.07) is 0. The zero-order valence-electron chi connectivity index (χ0n) is 16.4. The molecule has 3 atom stereocenters. The second kappa shape index (κ2) is 7.33. The van der Waals surface area contributed by atoms with Crippen LogP contribution in [0.25, 0.3) is 0 Å². The normalized spacial score (nSPS) is 31.4. The van der Waals surface area contributed by atoms with Crippen LogP contribution in [0.2, 0.25) is 0 Å². The van der Waals surface area contributed by atoms with Gasteiger partial charge in [0.25, 0.3) is 0 Å². The van der Waals surface area contributed by atoms with Crippen molar-refractivity contribution in [3.63, 3.8) is 0 Å². The monoisotopic (exact) mass is 340 g/mol. The first-order valence-corrected chi connectivity index (χ1v) is 9.50. The van der Waals surface area contributed by atoms with Gasteiger partial charge in [0, 0.05) is 6.42 Å². The van der Waals surface area contributed by atoms with Crippen molar-refractivity contribution in [2.45, 2.75) is 79.8 Å². The number of rotatable bonds is 9. The van der Waals surface area contributed by atoms with E-state index < -0.39 is 5.41 Å². The van der Waals surface area contributed by atoms with E-state index in [4.69, 9.17) is 14.2 Å². The standard InChI is InChI=1S/C20H36O4/c1-7-18(2,3)17(21)23-12-8-11-22-14-24-16-19(4,5)15-9-10-20(16,6)13-15/h15-16H,7-14H2,1-6H3. The fraction of sp³-hybridized carbons (Fsp3) is 0.950. The van der Waals surface area contributed by atoms with Gasteiger partial charge in [-0.25, -0.2) is 0 Å². The second-order valence-electron chi connectivity index (χ2n) is 9.21. The minimum absolute atomic E-state index is 0.127. The fourth-order valence-electron chi connectivity index (χ4n) is 4.51. The fourth-order valence-corrected chi connectivity index (χ4v) is 4.51. The molecule has 2 aliphatic carbocycles. The third-order valence-electron chi connectivity index (χ3n) is 6.56. The molecule has 0 amide bonds. The Hall–Kier alpha value is -0.610. The number of carbonyl (C=O) groups excluding carboxylic acids is 1. The van der Waals surface area contributed by atoms with Crippen molar-refractivity contribution in [1.29, 1.82) is 0 Å². The van der Waals surface area contributed by atoms with Crippen molar-refractivity contribution >= 4 is 5.97 Å². The predicted octanol–water partition coefficient (Wildman–Crippen LogP) is 4.56. The number of esters is 1. The smallest absolute Gasteiger partial charge is 0.311 e. The van der Waals surface area contributed by atoms with Crippen LogP contribution in [-0.2, 0) is 19.0 Å². The van der Waals surface area contributed by atoms with Gasteiger partial charge in [-0.1, -0.05) is 27.7 Å². The van der Waals surface area contributed by atoms with Crippen LogP contribution in [0.15, 0.2) is 0 Å². The summed E-state index contributed by atoms with van der Waals surface area (Å²) in [7, 11) is 0. The van der Waals surface area contributed by atoms with Crippen LogP contribution in [-0.4, -0.2) is 32.1 Å². The summed E-state index contributed by atoms with van der Waals surface area (Å²) in [4.78, 5) is 11.9. The molecule has 0 aromatic heterocycles. The molecule has 2 saturated carbocycles. The van der Waals surface area contributed by atoms with Crippen molar-refractivity contribution in [1.82, 2.24) is 0 Å². The third-order valence-corrected chi connectivity index (χ3v) is 6.56. The Morgan fingerprint density at radius 2 is 1.92 bits per heavy atom. The highest BCUT2D eigenvalue weighted by molar-refractivity contribution is 5.75. The van der Waals surface area contributed by atoms with Crippen molar-refractivity contribution in [2.75, 3.05) is 20.0 Å². The summed E-state index contributed by atoms with van der Waals surface area (Å²) in [6.07, 6.45) is 5.68. The SMILES string of the molecule is CCC(C)(C)C(=O)OCCCOCOC1C2(C)CCC(C2)C1(C)C. The summed E-state index contributed by atoms with van der Waals surface area (Å²) in [5.41, 5.74) is 0.170. The quantitative estimate of drug-likeness (QED) is 0.350. The molecule has 0 radical (unpaired) electrons. The van der Waals surface area contributed by atoms with Gasteiger partial charge in [-0.15, -0.1) is 0 Å². The Kier molecular flexibility index (Phi) is 6.02. The maximum absolute atomic E-state index is 11.9. The molecule has 0 N–H and O–H groups in total. The summed E-state index contributed by atoms with van der Waals surface area (Å²) in [6.45, 7) is 14.2. The summed E-state index contributed by atoms with van der Waals surface area (Å²) >= 11 is 0. The molecule has 2 bridgehead atoms. The molecular formula is C20H36O4. The van der Waals surface area contributed by atoms with E-state index >= 15 is 0 Å².